The second-order valence-electron chi connectivity index (χ2n) is 6.46. The molecule has 140 valence electrons. The number of alkyl halides is 3. The van der Waals surface area contributed by atoms with E-state index < -0.39 is 24.5 Å². The minimum atomic E-state index is -1.39. The fourth-order valence-electron chi connectivity index (χ4n) is 2.68. The van der Waals surface area contributed by atoms with E-state index in [1.807, 2.05) is 6.92 Å². The standard InChI is InChI=1S/C18H33F3O2.Na.H/c1-2-3-7-10-15(19)13-17(21)14-16(20)11-8-5-4-6-9-12-18(22)23;;/h15-17H,2-14H2,1H3,(H,22,23);;. The Morgan fingerprint density at radius 1 is 0.792 bits per heavy atom. The molecule has 3 atom stereocenters. The number of hydrogen-bond donors (Lipinski definition) is 1. The fraction of sp³-hybridized carbons (Fsp3) is 0.944. The van der Waals surface area contributed by atoms with Crippen molar-refractivity contribution in [2.24, 2.45) is 0 Å². The van der Waals surface area contributed by atoms with Crippen molar-refractivity contribution in [3.05, 3.63) is 0 Å². The Morgan fingerprint density at radius 3 is 1.75 bits per heavy atom. The van der Waals surface area contributed by atoms with E-state index >= 15 is 0 Å². The number of carbonyl (C=O) groups is 1. The van der Waals surface area contributed by atoms with Gasteiger partial charge in [-0.05, 0) is 19.3 Å². The summed E-state index contributed by atoms with van der Waals surface area (Å²) in [5, 5.41) is 8.48. The number of rotatable bonds is 16. The van der Waals surface area contributed by atoms with Crippen LogP contribution in [0.15, 0.2) is 0 Å². The van der Waals surface area contributed by atoms with E-state index in [9.17, 15) is 18.0 Å². The third-order valence-electron chi connectivity index (χ3n) is 4.05. The molecule has 0 fully saturated rings. The molecule has 1 N–H and O–H groups in total. The van der Waals surface area contributed by atoms with Crippen LogP contribution in [0.5, 0.6) is 0 Å². The molecule has 6 heteroatoms. The molecule has 0 rings (SSSR count). The predicted octanol–water partition coefficient (Wildman–Crippen LogP) is 5.53. The van der Waals surface area contributed by atoms with Crippen LogP contribution >= 0.6 is 0 Å². The summed E-state index contributed by atoms with van der Waals surface area (Å²) >= 11 is 0. The van der Waals surface area contributed by atoms with Gasteiger partial charge in [0.05, 0.1) is 0 Å². The summed E-state index contributed by atoms with van der Waals surface area (Å²) in [6.45, 7) is 2.03. The Hall–Kier alpha value is 0.260. The average Bonchev–Trinajstić information content (AvgIpc) is 2.45. The van der Waals surface area contributed by atoms with Crippen molar-refractivity contribution in [3.8, 4) is 0 Å². The normalized spacial score (nSPS) is 14.7. The number of unbranched alkanes of at least 4 members (excludes halogenated alkanes) is 6. The maximum atomic E-state index is 13.7. The Bertz CT molecular complexity index is 293. The van der Waals surface area contributed by atoms with Gasteiger partial charge >= 0.3 is 35.5 Å². The van der Waals surface area contributed by atoms with E-state index in [1.54, 1.807) is 0 Å². The molecule has 0 aromatic carbocycles. The molecule has 0 aromatic heterocycles. The van der Waals surface area contributed by atoms with E-state index in [0.29, 0.717) is 25.7 Å². The summed E-state index contributed by atoms with van der Waals surface area (Å²) in [6.07, 6.45) is 3.34. The van der Waals surface area contributed by atoms with Crippen molar-refractivity contribution in [3.63, 3.8) is 0 Å². The summed E-state index contributed by atoms with van der Waals surface area (Å²) < 4.78 is 40.8. The maximum absolute atomic E-state index is 13.7. The van der Waals surface area contributed by atoms with E-state index in [0.717, 1.165) is 38.5 Å². The zero-order valence-corrected chi connectivity index (χ0v) is 14.4. The zero-order chi connectivity index (χ0) is 17.5. The third-order valence-corrected chi connectivity index (χ3v) is 4.05. The van der Waals surface area contributed by atoms with Crippen LogP contribution in [0, 0.1) is 0 Å². The molecule has 0 saturated carbocycles. The van der Waals surface area contributed by atoms with E-state index in [2.05, 4.69) is 0 Å². The number of hydrogen-bond acceptors (Lipinski definition) is 1. The molecule has 24 heavy (non-hydrogen) atoms. The van der Waals surface area contributed by atoms with Crippen molar-refractivity contribution in [1.29, 1.82) is 0 Å². The summed E-state index contributed by atoms with van der Waals surface area (Å²) in [4.78, 5) is 10.3. The van der Waals surface area contributed by atoms with Crippen molar-refractivity contribution < 1.29 is 23.1 Å². The van der Waals surface area contributed by atoms with Crippen LogP contribution in [0.1, 0.15) is 90.4 Å². The molecule has 0 radical (unpaired) electrons. The van der Waals surface area contributed by atoms with Gasteiger partial charge in [-0.25, -0.2) is 13.2 Å². The molecule has 0 spiro atoms. The van der Waals surface area contributed by atoms with Crippen LogP contribution < -0.4 is 0 Å². The van der Waals surface area contributed by atoms with Crippen molar-refractivity contribution >= 4 is 35.5 Å². The van der Waals surface area contributed by atoms with Crippen LogP contribution in [0.4, 0.5) is 13.2 Å². The minimum absolute atomic E-state index is 0. The molecule has 0 heterocycles. The molecule has 0 aliphatic rings. The van der Waals surface area contributed by atoms with Gasteiger partial charge in [0.25, 0.3) is 0 Å². The fourth-order valence-corrected chi connectivity index (χ4v) is 2.68. The first-order valence-electron chi connectivity index (χ1n) is 9.09. The monoisotopic (exact) mass is 362 g/mol. The average molecular weight is 362 g/mol. The SMILES string of the molecule is CCCCCC(F)CC(F)CC(F)CCCCCCCC(=O)O.[NaH]. The topological polar surface area (TPSA) is 37.3 Å². The number of carboxylic acids is 1. The van der Waals surface area contributed by atoms with Gasteiger partial charge in [0.15, 0.2) is 0 Å². The van der Waals surface area contributed by atoms with E-state index in [4.69, 9.17) is 5.11 Å². The summed E-state index contributed by atoms with van der Waals surface area (Å²) in [5.74, 6) is -0.788. The van der Waals surface area contributed by atoms with Gasteiger partial charge in [0, 0.05) is 19.3 Å². The van der Waals surface area contributed by atoms with Crippen LogP contribution in [0.2, 0.25) is 0 Å². The van der Waals surface area contributed by atoms with Gasteiger partial charge in [-0.1, -0.05) is 51.9 Å². The van der Waals surface area contributed by atoms with Gasteiger partial charge in [0.1, 0.15) is 18.5 Å². The Morgan fingerprint density at radius 2 is 1.25 bits per heavy atom. The first kappa shape index (κ1) is 26.5. The summed E-state index contributed by atoms with van der Waals surface area (Å²) in [5.41, 5.74) is 0. The van der Waals surface area contributed by atoms with Crippen molar-refractivity contribution in [2.75, 3.05) is 0 Å². The van der Waals surface area contributed by atoms with E-state index in [-0.39, 0.29) is 48.8 Å². The predicted molar refractivity (Wildman–Crippen MR) is 95.2 cm³/mol. The van der Waals surface area contributed by atoms with Gasteiger partial charge in [0.2, 0.25) is 0 Å². The van der Waals surface area contributed by atoms with Gasteiger partial charge in [-0.2, -0.15) is 0 Å². The first-order valence-corrected chi connectivity index (χ1v) is 9.09. The Kier molecular flexibility index (Phi) is 19.9. The molecule has 2 nitrogen and oxygen atoms in total. The number of carboxylic acid groups (broad SMARTS) is 1. The number of aliphatic carboxylic acids is 1. The van der Waals surface area contributed by atoms with Gasteiger partial charge in [-0.3, -0.25) is 4.79 Å². The zero-order valence-electron chi connectivity index (χ0n) is 14.4. The Balaban J connectivity index is 0. The van der Waals surface area contributed by atoms with Crippen LogP contribution in [-0.2, 0) is 4.79 Å². The molecule has 0 aromatic rings. The molecule has 0 aliphatic heterocycles. The third kappa shape index (κ3) is 18.6. The molecule has 0 bridgehead atoms. The first-order chi connectivity index (χ1) is 11.0. The summed E-state index contributed by atoms with van der Waals surface area (Å²) in [6, 6.07) is 0. The second kappa shape index (κ2) is 18.1. The molecule has 0 aliphatic carbocycles. The molecule has 0 amide bonds. The summed E-state index contributed by atoms with van der Waals surface area (Å²) in [7, 11) is 0. The van der Waals surface area contributed by atoms with Crippen molar-refractivity contribution in [2.45, 2.75) is 109 Å². The Labute approximate surface area is 167 Å². The van der Waals surface area contributed by atoms with Gasteiger partial charge in [-0.15, -0.1) is 0 Å². The quantitative estimate of drug-likeness (QED) is 0.290. The van der Waals surface area contributed by atoms with E-state index in [1.165, 1.54) is 0 Å². The van der Waals surface area contributed by atoms with Crippen LogP contribution in [0.25, 0.3) is 0 Å². The molecule has 0 saturated heterocycles. The molecule has 3 unspecified atom stereocenters. The molecular formula is C18H34F3NaO2. The van der Waals surface area contributed by atoms with Gasteiger partial charge < -0.3 is 5.11 Å². The molecular weight excluding hydrogens is 328 g/mol. The van der Waals surface area contributed by atoms with Crippen molar-refractivity contribution in [1.82, 2.24) is 0 Å². The second-order valence-corrected chi connectivity index (χ2v) is 6.46. The van der Waals surface area contributed by atoms with Crippen LogP contribution in [0.3, 0.4) is 0 Å². The van der Waals surface area contributed by atoms with Crippen LogP contribution in [-0.4, -0.2) is 59.1 Å². The number of halogens is 3.